The van der Waals surface area contributed by atoms with Crippen molar-refractivity contribution in [2.75, 3.05) is 7.11 Å². The van der Waals surface area contributed by atoms with Gasteiger partial charge in [-0.3, -0.25) is 4.98 Å². The Bertz CT molecular complexity index is 845. The number of hydrogen-bond donors (Lipinski definition) is 1. The molecule has 1 atom stereocenters. The summed E-state index contributed by atoms with van der Waals surface area (Å²) < 4.78 is 5.29. The number of hydrogen-bond acceptors (Lipinski definition) is 3. The second-order valence-electron chi connectivity index (χ2n) is 5.34. The van der Waals surface area contributed by atoms with Crippen LogP contribution in [0.15, 0.2) is 42.9 Å². The average Bonchev–Trinajstić information content (AvgIpc) is 2.97. The molecule has 4 heteroatoms. The van der Waals surface area contributed by atoms with Gasteiger partial charge in [0.05, 0.1) is 19.1 Å². The van der Waals surface area contributed by atoms with Gasteiger partial charge >= 0.3 is 0 Å². The third-order valence-corrected chi connectivity index (χ3v) is 4.02. The maximum atomic E-state index is 9.62. The van der Waals surface area contributed by atoms with Crippen LogP contribution in [0.25, 0.3) is 10.9 Å². The van der Waals surface area contributed by atoms with Crippen molar-refractivity contribution in [1.29, 1.82) is 5.26 Å². The largest absolute Gasteiger partial charge is 0.497 e. The highest BCUT2D eigenvalue weighted by Gasteiger charge is 2.17. The predicted molar refractivity (Wildman–Crippen MR) is 85.9 cm³/mol. The van der Waals surface area contributed by atoms with Gasteiger partial charge in [0.1, 0.15) is 5.75 Å². The van der Waals surface area contributed by atoms with Gasteiger partial charge in [-0.2, -0.15) is 5.26 Å². The van der Waals surface area contributed by atoms with E-state index in [-0.39, 0.29) is 5.92 Å². The standard InChI is InChI=1S/C18H17N3O/c1-12-5-6-20-10-14(12)7-13(9-19)17-11-21-18-4-3-15(22-2)8-16(17)18/h3-6,8,10-11,13,21H,7H2,1-2H3. The summed E-state index contributed by atoms with van der Waals surface area (Å²) in [6.07, 6.45) is 6.19. The Morgan fingerprint density at radius 3 is 2.95 bits per heavy atom. The van der Waals surface area contributed by atoms with E-state index in [1.165, 1.54) is 0 Å². The van der Waals surface area contributed by atoms with Crippen molar-refractivity contribution in [1.82, 2.24) is 9.97 Å². The fourth-order valence-electron chi connectivity index (χ4n) is 2.69. The van der Waals surface area contributed by atoms with Crippen LogP contribution in [0.2, 0.25) is 0 Å². The normalized spacial score (nSPS) is 12.0. The van der Waals surface area contributed by atoms with Gasteiger partial charge in [0.2, 0.25) is 0 Å². The van der Waals surface area contributed by atoms with Gasteiger partial charge in [0.25, 0.3) is 0 Å². The number of aromatic nitrogens is 2. The average molecular weight is 291 g/mol. The summed E-state index contributed by atoms with van der Waals surface area (Å²) in [6.45, 7) is 2.05. The van der Waals surface area contributed by atoms with Crippen LogP contribution in [-0.4, -0.2) is 17.1 Å². The lowest BCUT2D eigenvalue weighted by atomic mass is 9.92. The fraction of sp³-hybridized carbons (Fsp3) is 0.222. The lowest BCUT2D eigenvalue weighted by Gasteiger charge is -2.10. The minimum atomic E-state index is -0.219. The smallest absolute Gasteiger partial charge is 0.119 e. The number of benzene rings is 1. The van der Waals surface area contributed by atoms with Crippen molar-refractivity contribution in [3.05, 3.63) is 59.5 Å². The number of nitrogens with one attached hydrogen (secondary N) is 1. The Morgan fingerprint density at radius 1 is 1.36 bits per heavy atom. The molecule has 3 aromatic rings. The quantitative estimate of drug-likeness (QED) is 0.796. The van der Waals surface area contributed by atoms with Gasteiger partial charge in [-0.1, -0.05) is 0 Å². The molecule has 22 heavy (non-hydrogen) atoms. The number of rotatable bonds is 4. The number of methoxy groups -OCH3 is 1. The molecular weight excluding hydrogens is 274 g/mol. The molecule has 0 radical (unpaired) electrons. The minimum absolute atomic E-state index is 0.219. The second-order valence-corrected chi connectivity index (χ2v) is 5.34. The maximum absolute atomic E-state index is 9.62. The second kappa shape index (κ2) is 5.90. The Balaban J connectivity index is 2.01. The lowest BCUT2D eigenvalue weighted by molar-refractivity contribution is 0.415. The van der Waals surface area contributed by atoms with Crippen LogP contribution in [-0.2, 0) is 6.42 Å². The maximum Gasteiger partial charge on any atom is 0.119 e. The molecule has 4 nitrogen and oxygen atoms in total. The first kappa shape index (κ1) is 14.2. The van der Waals surface area contributed by atoms with Crippen molar-refractivity contribution < 1.29 is 4.74 Å². The third kappa shape index (κ3) is 2.53. The van der Waals surface area contributed by atoms with Crippen LogP contribution in [0, 0.1) is 18.3 Å². The summed E-state index contributed by atoms with van der Waals surface area (Å²) in [5.74, 6) is 0.575. The summed E-state index contributed by atoms with van der Waals surface area (Å²) in [5.41, 5.74) is 4.28. The molecule has 0 aliphatic carbocycles. The van der Waals surface area contributed by atoms with Crippen LogP contribution >= 0.6 is 0 Å². The molecule has 0 saturated carbocycles. The monoisotopic (exact) mass is 291 g/mol. The number of ether oxygens (including phenoxy) is 1. The number of aryl methyl sites for hydroxylation is 1. The third-order valence-electron chi connectivity index (χ3n) is 4.02. The van der Waals surface area contributed by atoms with Crippen molar-refractivity contribution in [3.8, 4) is 11.8 Å². The van der Waals surface area contributed by atoms with Gasteiger partial charge in [0, 0.05) is 29.5 Å². The first-order chi connectivity index (χ1) is 10.7. The van der Waals surface area contributed by atoms with Crippen molar-refractivity contribution in [3.63, 3.8) is 0 Å². The molecule has 110 valence electrons. The number of pyridine rings is 1. The van der Waals surface area contributed by atoms with E-state index in [0.717, 1.165) is 33.3 Å². The number of fused-ring (bicyclic) bond motifs is 1. The van der Waals surface area contributed by atoms with E-state index in [2.05, 4.69) is 16.0 Å². The molecular formula is C18H17N3O. The highest BCUT2D eigenvalue weighted by Crippen LogP contribution is 2.30. The fourth-order valence-corrected chi connectivity index (χ4v) is 2.69. The molecule has 2 aromatic heterocycles. The van der Waals surface area contributed by atoms with Crippen LogP contribution in [0.4, 0.5) is 0 Å². The Morgan fingerprint density at radius 2 is 2.23 bits per heavy atom. The first-order valence-corrected chi connectivity index (χ1v) is 7.17. The first-order valence-electron chi connectivity index (χ1n) is 7.17. The molecule has 0 saturated heterocycles. The van der Waals surface area contributed by atoms with E-state index >= 15 is 0 Å². The summed E-state index contributed by atoms with van der Waals surface area (Å²) >= 11 is 0. The molecule has 0 aliphatic heterocycles. The van der Waals surface area contributed by atoms with E-state index in [0.29, 0.717) is 6.42 Å². The lowest BCUT2D eigenvalue weighted by Crippen LogP contribution is -2.02. The molecule has 0 fully saturated rings. The molecule has 1 N–H and O–H groups in total. The Hall–Kier alpha value is -2.80. The Kier molecular flexibility index (Phi) is 3.80. The molecule has 1 aromatic carbocycles. The van der Waals surface area contributed by atoms with Crippen LogP contribution in [0.3, 0.4) is 0 Å². The number of nitriles is 1. The van der Waals surface area contributed by atoms with Gasteiger partial charge in [-0.25, -0.2) is 0 Å². The zero-order valence-corrected chi connectivity index (χ0v) is 12.6. The van der Waals surface area contributed by atoms with E-state index in [9.17, 15) is 5.26 Å². The molecule has 0 bridgehead atoms. The number of aromatic amines is 1. The highest BCUT2D eigenvalue weighted by molar-refractivity contribution is 5.85. The number of H-pyrrole nitrogens is 1. The molecule has 3 rings (SSSR count). The summed E-state index contributed by atoms with van der Waals surface area (Å²) in [4.78, 5) is 7.40. The molecule has 0 aliphatic rings. The van der Waals surface area contributed by atoms with Crippen LogP contribution < -0.4 is 4.74 Å². The zero-order valence-electron chi connectivity index (χ0n) is 12.6. The van der Waals surface area contributed by atoms with Crippen molar-refractivity contribution in [2.24, 2.45) is 0 Å². The van der Waals surface area contributed by atoms with Crippen molar-refractivity contribution in [2.45, 2.75) is 19.3 Å². The molecule has 2 heterocycles. The molecule has 1 unspecified atom stereocenters. The zero-order chi connectivity index (χ0) is 15.5. The minimum Gasteiger partial charge on any atom is -0.497 e. The van der Waals surface area contributed by atoms with Gasteiger partial charge < -0.3 is 9.72 Å². The van der Waals surface area contributed by atoms with Crippen molar-refractivity contribution >= 4 is 10.9 Å². The Labute approximate surface area is 129 Å². The van der Waals surface area contributed by atoms with E-state index in [1.54, 1.807) is 13.3 Å². The van der Waals surface area contributed by atoms with E-state index in [4.69, 9.17) is 4.74 Å². The summed E-state index contributed by atoms with van der Waals surface area (Å²) in [5, 5.41) is 10.7. The topological polar surface area (TPSA) is 61.7 Å². The van der Waals surface area contributed by atoms with E-state index in [1.807, 2.05) is 43.6 Å². The van der Waals surface area contributed by atoms with E-state index < -0.39 is 0 Å². The van der Waals surface area contributed by atoms with Crippen LogP contribution in [0.5, 0.6) is 5.75 Å². The summed E-state index contributed by atoms with van der Waals surface area (Å²) in [7, 11) is 1.65. The van der Waals surface area contributed by atoms with Crippen LogP contribution in [0.1, 0.15) is 22.6 Å². The predicted octanol–water partition coefficient (Wildman–Crippen LogP) is 3.73. The SMILES string of the molecule is COc1ccc2[nH]cc(C(C#N)Cc3cnccc3C)c2c1. The number of nitrogens with zero attached hydrogens (tertiary/aromatic N) is 2. The van der Waals surface area contributed by atoms with Gasteiger partial charge in [-0.05, 0) is 54.3 Å². The van der Waals surface area contributed by atoms with Gasteiger partial charge in [-0.15, -0.1) is 0 Å². The highest BCUT2D eigenvalue weighted by atomic mass is 16.5. The van der Waals surface area contributed by atoms with Gasteiger partial charge in [0.15, 0.2) is 0 Å². The molecule has 0 amide bonds. The molecule has 0 spiro atoms. The summed E-state index contributed by atoms with van der Waals surface area (Å²) in [6, 6.07) is 10.3.